The van der Waals surface area contributed by atoms with Crippen molar-refractivity contribution in [2.75, 3.05) is 0 Å². The first-order valence-corrected chi connectivity index (χ1v) is 4.02. The zero-order valence-electron chi connectivity index (χ0n) is 7.57. The molecule has 72 valence electrons. The summed E-state index contributed by atoms with van der Waals surface area (Å²) in [5, 5.41) is 10.4. The van der Waals surface area contributed by atoms with Crippen LogP contribution in [0.2, 0.25) is 0 Å². The number of rotatable bonds is 1. The number of ketones is 2. The van der Waals surface area contributed by atoms with E-state index in [1.807, 2.05) is 0 Å². The summed E-state index contributed by atoms with van der Waals surface area (Å²) in [4.78, 5) is 32.0. The maximum atomic E-state index is 11.2. The first kappa shape index (κ1) is 9.83. The molecule has 1 aliphatic carbocycles. The van der Waals surface area contributed by atoms with Gasteiger partial charge >= 0.3 is 6.04 Å². The van der Waals surface area contributed by atoms with Crippen LogP contribution in [-0.4, -0.2) is 22.5 Å². The van der Waals surface area contributed by atoms with E-state index >= 15 is 0 Å². The third-order valence-electron chi connectivity index (χ3n) is 2.13. The van der Waals surface area contributed by atoms with E-state index in [2.05, 4.69) is 0 Å². The fourth-order valence-corrected chi connectivity index (χ4v) is 1.61. The zero-order valence-corrected chi connectivity index (χ0v) is 7.57. The summed E-state index contributed by atoms with van der Waals surface area (Å²) in [5.41, 5.74) is -0.416. The Kier molecular flexibility index (Phi) is 2.19. The van der Waals surface area contributed by atoms with E-state index in [1.165, 1.54) is 0 Å². The van der Waals surface area contributed by atoms with Crippen LogP contribution in [0.15, 0.2) is 0 Å². The molecule has 0 amide bonds. The summed E-state index contributed by atoms with van der Waals surface area (Å²) >= 11 is 0. The van der Waals surface area contributed by atoms with Crippen molar-refractivity contribution >= 4 is 11.6 Å². The van der Waals surface area contributed by atoms with E-state index in [4.69, 9.17) is 0 Å². The molecule has 0 bridgehead atoms. The second-order valence-corrected chi connectivity index (χ2v) is 4.14. The Morgan fingerprint density at radius 2 is 1.69 bits per heavy atom. The van der Waals surface area contributed by atoms with Gasteiger partial charge in [0, 0.05) is 17.8 Å². The van der Waals surface area contributed by atoms with Gasteiger partial charge < -0.3 is 0 Å². The molecule has 0 atom stereocenters. The van der Waals surface area contributed by atoms with Crippen LogP contribution in [0.25, 0.3) is 0 Å². The average molecular weight is 185 g/mol. The van der Waals surface area contributed by atoms with Gasteiger partial charge in [-0.1, -0.05) is 13.8 Å². The molecule has 1 rings (SSSR count). The molecule has 1 aliphatic rings. The molecule has 5 heteroatoms. The third kappa shape index (κ3) is 1.91. The third-order valence-corrected chi connectivity index (χ3v) is 2.13. The summed E-state index contributed by atoms with van der Waals surface area (Å²) in [6.07, 6.45) is 0.231. The van der Waals surface area contributed by atoms with Crippen LogP contribution in [-0.2, 0) is 9.59 Å². The molecular weight excluding hydrogens is 174 g/mol. The van der Waals surface area contributed by atoms with E-state index in [0.717, 1.165) is 0 Å². The van der Waals surface area contributed by atoms with Crippen LogP contribution in [0.4, 0.5) is 0 Å². The van der Waals surface area contributed by atoms with Crippen LogP contribution in [0.3, 0.4) is 0 Å². The first-order valence-electron chi connectivity index (χ1n) is 4.02. The van der Waals surface area contributed by atoms with Gasteiger partial charge in [0.05, 0.1) is 0 Å². The van der Waals surface area contributed by atoms with Crippen molar-refractivity contribution in [1.29, 1.82) is 0 Å². The first-order chi connectivity index (χ1) is 5.83. The molecule has 1 fully saturated rings. The van der Waals surface area contributed by atoms with Gasteiger partial charge in [0.25, 0.3) is 0 Å². The van der Waals surface area contributed by atoms with Crippen LogP contribution in [0, 0.1) is 15.5 Å². The van der Waals surface area contributed by atoms with E-state index in [0.29, 0.717) is 0 Å². The van der Waals surface area contributed by atoms with Crippen molar-refractivity contribution < 1.29 is 14.5 Å². The van der Waals surface area contributed by atoms with Gasteiger partial charge in [-0.15, -0.1) is 0 Å². The Hall–Kier alpha value is -1.26. The second kappa shape index (κ2) is 2.90. The number of nitro groups is 1. The maximum absolute atomic E-state index is 11.2. The van der Waals surface area contributed by atoms with E-state index < -0.39 is 27.9 Å². The highest BCUT2D eigenvalue weighted by molar-refractivity contribution is 6.07. The van der Waals surface area contributed by atoms with Crippen LogP contribution in [0.5, 0.6) is 0 Å². The number of carbonyl (C=O) groups excluding carboxylic acids is 2. The normalized spacial score (nSPS) is 23.2. The topological polar surface area (TPSA) is 77.3 Å². The van der Waals surface area contributed by atoms with Crippen LogP contribution < -0.4 is 0 Å². The highest BCUT2D eigenvalue weighted by Crippen LogP contribution is 2.31. The van der Waals surface area contributed by atoms with Gasteiger partial charge in [-0.05, 0) is 5.41 Å². The molecule has 5 nitrogen and oxygen atoms in total. The fourth-order valence-electron chi connectivity index (χ4n) is 1.61. The quantitative estimate of drug-likeness (QED) is 0.340. The summed E-state index contributed by atoms with van der Waals surface area (Å²) in [7, 11) is 0. The lowest BCUT2D eigenvalue weighted by atomic mass is 9.74. The number of Topliss-reactive ketones (excluding diaryl/α,β-unsaturated/α-hetero) is 2. The zero-order chi connectivity index (χ0) is 10.2. The molecule has 0 saturated heterocycles. The highest BCUT2D eigenvalue weighted by Gasteiger charge is 2.46. The lowest BCUT2D eigenvalue weighted by Gasteiger charge is -2.27. The number of hydrogen-bond acceptors (Lipinski definition) is 4. The summed E-state index contributed by atoms with van der Waals surface area (Å²) in [5.74, 6) is -1.13. The van der Waals surface area contributed by atoms with Crippen molar-refractivity contribution in [3.8, 4) is 0 Å². The highest BCUT2D eigenvalue weighted by atomic mass is 16.6. The molecule has 0 aromatic heterocycles. The average Bonchev–Trinajstić information content (AvgIpc) is 1.78. The number of hydrogen-bond donors (Lipinski definition) is 0. The fraction of sp³-hybridized carbons (Fsp3) is 0.750. The Morgan fingerprint density at radius 1 is 1.31 bits per heavy atom. The monoisotopic (exact) mass is 185 g/mol. The Labute approximate surface area is 75.3 Å². The van der Waals surface area contributed by atoms with Gasteiger partial charge in [0.15, 0.2) is 0 Å². The molecule has 0 aromatic carbocycles. The summed E-state index contributed by atoms with van der Waals surface area (Å²) < 4.78 is 0. The predicted octanol–water partition coefficient (Wildman–Crippen LogP) is 0.590. The lowest BCUT2D eigenvalue weighted by molar-refractivity contribution is -0.494. The standard InChI is InChI=1S/C8H11NO4/c1-8(2)3-5(10)7(9(12)13)6(11)4-8/h7H,3-4H2,1-2H3. The lowest BCUT2D eigenvalue weighted by Crippen LogP contribution is -2.46. The van der Waals surface area contributed by atoms with Gasteiger partial charge in [0.2, 0.25) is 11.6 Å². The Morgan fingerprint density at radius 3 is 2.00 bits per heavy atom. The smallest absolute Gasteiger partial charge is 0.291 e. The van der Waals surface area contributed by atoms with Gasteiger partial charge in [-0.2, -0.15) is 0 Å². The minimum Gasteiger partial charge on any atom is -0.291 e. The van der Waals surface area contributed by atoms with Crippen molar-refractivity contribution in [2.45, 2.75) is 32.7 Å². The molecule has 0 aromatic rings. The van der Waals surface area contributed by atoms with Crippen LogP contribution >= 0.6 is 0 Å². The van der Waals surface area contributed by atoms with E-state index in [1.54, 1.807) is 13.8 Å². The van der Waals surface area contributed by atoms with Gasteiger partial charge in [0.1, 0.15) is 0 Å². The van der Waals surface area contributed by atoms with Crippen molar-refractivity contribution in [3.05, 3.63) is 10.1 Å². The molecule has 0 heterocycles. The predicted molar refractivity (Wildman–Crippen MR) is 43.8 cm³/mol. The second-order valence-electron chi connectivity index (χ2n) is 4.14. The van der Waals surface area contributed by atoms with Crippen molar-refractivity contribution in [3.63, 3.8) is 0 Å². The van der Waals surface area contributed by atoms with Gasteiger partial charge in [-0.3, -0.25) is 19.7 Å². The molecule has 0 spiro atoms. The maximum Gasteiger partial charge on any atom is 0.327 e. The SMILES string of the molecule is CC1(C)CC(=O)C([N+](=O)[O-])C(=O)C1. The summed E-state index contributed by atoms with van der Waals surface area (Å²) in [6.45, 7) is 3.53. The molecular formula is C8H11NO4. The molecule has 0 unspecified atom stereocenters. The van der Waals surface area contributed by atoms with Crippen LogP contribution in [0.1, 0.15) is 26.7 Å². The Bertz CT molecular complexity index is 262. The molecule has 0 N–H and O–H groups in total. The molecule has 0 aliphatic heterocycles. The van der Waals surface area contributed by atoms with Gasteiger partial charge in [-0.25, -0.2) is 0 Å². The molecule has 0 radical (unpaired) electrons. The molecule has 1 saturated carbocycles. The minimum atomic E-state index is -1.60. The number of carbonyl (C=O) groups is 2. The number of nitrogens with zero attached hydrogens (tertiary/aromatic N) is 1. The van der Waals surface area contributed by atoms with Crippen molar-refractivity contribution in [1.82, 2.24) is 0 Å². The summed E-state index contributed by atoms with van der Waals surface area (Å²) in [6, 6.07) is -1.60. The largest absolute Gasteiger partial charge is 0.327 e. The molecule has 13 heavy (non-hydrogen) atoms. The minimum absolute atomic E-state index is 0.115. The Balaban J connectivity index is 2.89. The van der Waals surface area contributed by atoms with Crippen molar-refractivity contribution in [2.24, 2.45) is 5.41 Å². The van der Waals surface area contributed by atoms with E-state index in [-0.39, 0.29) is 12.8 Å². The van der Waals surface area contributed by atoms with E-state index in [9.17, 15) is 19.7 Å².